The minimum Gasteiger partial charge on any atom is -0.310 e. The van der Waals surface area contributed by atoms with Gasteiger partial charge in [-0.3, -0.25) is 0 Å². The zero-order valence-electron chi connectivity index (χ0n) is 40.6. The highest BCUT2D eigenvalue weighted by Crippen LogP contribution is 2.53. The third-order valence-corrected chi connectivity index (χ3v) is 10.8. The molecule has 0 aliphatic carbocycles. The normalized spacial score (nSPS) is 14.4. The zero-order chi connectivity index (χ0) is 46.3. The summed E-state index contributed by atoms with van der Waals surface area (Å²) in [5.74, 6) is 0. The molecular formula is C52H35NS. The number of hydrogen-bond donors (Lipinski definition) is 0. The van der Waals surface area contributed by atoms with Gasteiger partial charge in [0.15, 0.2) is 0 Å². The smallest absolute Gasteiger partial charge is 0.0638 e. The van der Waals surface area contributed by atoms with Crippen LogP contribution in [0.3, 0.4) is 0 Å². The van der Waals surface area contributed by atoms with Crippen molar-refractivity contribution in [3.63, 3.8) is 0 Å². The van der Waals surface area contributed by atoms with Gasteiger partial charge >= 0.3 is 0 Å². The predicted molar refractivity (Wildman–Crippen MR) is 233 cm³/mol. The second kappa shape index (κ2) is 13.7. The molecule has 0 saturated heterocycles. The highest BCUT2D eigenvalue weighted by atomic mass is 32.1. The molecule has 0 spiro atoms. The summed E-state index contributed by atoms with van der Waals surface area (Å²) in [7, 11) is 0. The maximum absolute atomic E-state index is 9.46. The fourth-order valence-corrected chi connectivity index (χ4v) is 8.57. The average molecular weight is 718 g/mol. The van der Waals surface area contributed by atoms with Crippen LogP contribution in [0.4, 0.5) is 17.1 Å². The molecule has 1 heterocycles. The predicted octanol–water partition coefficient (Wildman–Crippen LogP) is 15.3. The SMILES string of the molecule is [2H]c1cc(N(c2ccc(-c3ccccc3)cc2)c2ccc(-c3ccccc3)cc2)c2c(sc3c(-c4c([2H])c([2H])c([2H])c([2H])c4[2H])c(-c4c([2H])c([2H])c([2H])c([2H])c4[2H])c4ccccc4c32)c1[2H]. The fraction of sp³-hybridized carbons (Fsp3) is 0. The van der Waals surface area contributed by atoms with Crippen LogP contribution in [0.1, 0.15) is 16.4 Å². The van der Waals surface area contributed by atoms with Crippen molar-refractivity contribution in [3.05, 3.63) is 212 Å². The molecule has 0 aliphatic heterocycles. The standard InChI is InChI=1S/C52H35NS/c1-5-16-36(17-6-1)38-28-32-42(33-29-38)53(43-34-30-39(31-35-43)37-18-7-2-8-19-37)46-26-15-27-47-51(46)50-45-25-14-13-24-44(45)48(40-20-9-3-10-21-40)49(52(50)54-47)41-22-11-4-12-23-41/h1-35H/i3D,4D,9D,10D,11D,12D,15D,20D,21D,22D,23D,27D. The van der Waals surface area contributed by atoms with Crippen molar-refractivity contribution in [2.45, 2.75) is 0 Å². The van der Waals surface area contributed by atoms with E-state index in [1.165, 1.54) is 0 Å². The third-order valence-electron chi connectivity index (χ3n) is 9.71. The summed E-state index contributed by atoms with van der Waals surface area (Å²) in [4.78, 5) is 2.03. The molecule has 0 fully saturated rings. The van der Waals surface area contributed by atoms with Gasteiger partial charge in [0.2, 0.25) is 0 Å². The molecule has 254 valence electrons. The molecule has 0 radical (unpaired) electrons. The van der Waals surface area contributed by atoms with Crippen molar-refractivity contribution in [1.29, 1.82) is 0 Å². The molecule has 0 unspecified atom stereocenters. The monoisotopic (exact) mass is 717 g/mol. The summed E-state index contributed by atoms with van der Waals surface area (Å²) in [5.41, 5.74) is 5.77. The second-order valence-corrected chi connectivity index (χ2v) is 13.8. The summed E-state index contributed by atoms with van der Waals surface area (Å²) < 4.78 is 108. The molecule has 1 aromatic heterocycles. The summed E-state index contributed by atoms with van der Waals surface area (Å²) in [6.45, 7) is 0. The van der Waals surface area contributed by atoms with Gasteiger partial charge in [-0.05, 0) is 86.1 Å². The largest absolute Gasteiger partial charge is 0.310 e. The Labute approximate surface area is 336 Å². The van der Waals surface area contributed by atoms with Crippen LogP contribution in [0, 0.1) is 0 Å². The van der Waals surface area contributed by atoms with E-state index >= 15 is 0 Å². The van der Waals surface area contributed by atoms with E-state index in [1.54, 1.807) is 18.2 Å². The first-order valence-corrected chi connectivity index (χ1v) is 18.3. The lowest BCUT2D eigenvalue weighted by atomic mass is 9.87. The van der Waals surface area contributed by atoms with E-state index in [0.29, 0.717) is 36.6 Å². The van der Waals surface area contributed by atoms with Gasteiger partial charge in [0.25, 0.3) is 0 Å². The van der Waals surface area contributed by atoms with Gasteiger partial charge in [0, 0.05) is 37.1 Å². The first kappa shape index (κ1) is 21.7. The first-order chi connectivity index (χ1) is 31.8. The van der Waals surface area contributed by atoms with Gasteiger partial charge < -0.3 is 4.90 Å². The topological polar surface area (TPSA) is 3.24 Å². The molecule has 0 saturated carbocycles. The van der Waals surface area contributed by atoms with Gasteiger partial charge in [-0.1, -0.05) is 176 Å². The van der Waals surface area contributed by atoms with Crippen LogP contribution in [-0.4, -0.2) is 0 Å². The van der Waals surface area contributed by atoms with Crippen LogP contribution in [0.2, 0.25) is 0 Å². The fourth-order valence-electron chi connectivity index (χ4n) is 7.32. The molecule has 9 aromatic carbocycles. The molecule has 0 bridgehead atoms. The quantitative estimate of drug-likeness (QED) is 0.159. The molecule has 0 N–H and O–H groups in total. The molecule has 54 heavy (non-hydrogen) atoms. The van der Waals surface area contributed by atoms with E-state index in [1.807, 2.05) is 126 Å². The number of fused-ring (bicyclic) bond motifs is 5. The first-order valence-electron chi connectivity index (χ1n) is 23.4. The Morgan fingerprint density at radius 1 is 0.370 bits per heavy atom. The van der Waals surface area contributed by atoms with Crippen LogP contribution in [0.15, 0.2) is 212 Å². The van der Waals surface area contributed by atoms with E-state index in [4.69, 9.17) is 8.22 Å². The number of rotatable bonds is 7. The Morgan fingerprint density at radius 3 is 1.41 bits per heavy atom. The maximum atomic E-state index is 9.46. The van der Waals surface area contributed by atoms with Crippen LogP contribution in [0.25, 0.3) is 75.5 Å². The van der Waals surface area contributed by atoms with Crippen molar-refractivity contribution in [3.8, 4) is 44.5 Å². The Bertz CT molecular complexity index is 3450. The van der Waals surface area contributed by atoms with E-state index in [0.717, 1.165) is 45.0 Å². The van der Waals surface area contributed by atoms with Gasteiger partial charge in [-0.15, -0.1) is 11.3 Å². The van der Waals surface area contributed by atoms with Crippen molar-refractivity contribution < 1.29 is 16.4 Å². The highest BCUT2D eigenvalue weighted by molar-refractivity contribution is 7.26. The summed E-state index contributed by atoms with van der Waals surface area (Å²) in [6, 6.07) is 38.9. The Kier molecular flexibility index (Phi) is 5.49. The molecule has 1 nitrogen and oxygen atoms in total. The van der Waals surface area contributed by atoms with Crippen LogP contribution < -0.4 is 4.90 Å². The van der Waals surface area contributed by atoms with E-state index < -0.39 is 60.4 Å². The number of anilines is 3. The molecule has 10 rings (SSSR count). The third kappa shape index (κ3) is 5.56. The average Bonchev–Trinajstić information content (AvgIpc) is 3.76. The van der Waals surface area contributed by atoms with Gasteiger partial charge in [0.05, 0.1) is 22.1 Å². The van der Waals surface area contributed by atoms with Crippen LogP contribution in [-0.2, 0) is 0 Å². The summed E-state index contributed by atoms with van der Waals surface area (Å²) in [6.07, 6.45) is 0. The lowest BCUT2D eigenvalue weighted by molar-refractivity contribution is 1.30. The minimum absolute atomic E-state index is 0.0586. The Hall–Kier alpha value is -6.74. The van der Waals surface area contributed by atoms with Crippen molar-refractivity contribution in [1.82, 2.24) is 0 Å². The number of thiophene rings is 1. The minimum atomic E-state index is -0.617. The molecule has 0 atom stereocenters. The molecule has 0 aliphatic rings. The van der Waals surface area contributed by atoms with Crippen LogP contribution in [0.5, 0.6) is 0 Å². The highest BCUT2D eigenvalue weighted by Gasteiger charge is 2.24. The molecule has 10 aromatic rings. The van der Waals surface area contributed by atoms with Gasteiger partial charge in [-0.2, -0.15) is 0 Å². The van der Waals surface area contributed by atoms with Crippen molar-refractivity contribution in [2.75, 3.05) is 4.90 Å². The molecular weight excluding hydrogens is 671 g/mol. The Morgan fingerprint density at radius 2 is 0.852 bits per heavy atom. The number of hydrogen-bond acceptors (Lipinski definition) is 2. The summed E-state index contributed by atoms with van der Waals surface area (Å²) in [5, 5.41) is 2.05. The summed E-state index contributed by atoms with van der Waals surface area (Å²) >= 11 is 1.10. The lowest BCUT2D eigenvalue weighted by Crippen LogP contribution is -2.10. The second-order valence-electron chi connectivity index (χ2n) is 12.8. The van der Waals surface area contributed by atoms with Gasteiger partial charge in [0.1, 0.15) is 0 Å². The lowest BCUT2D eigenvalue weighted by Gasteiger charge is -2.27. The van der Waals surface area contributed by atoms with E-state index in [9.17, 15) is 8.22 Å². The van der Waals surface area contributed by atoms with Crippen LogP contribution >= 0.6 is 11.3 Å². The number of benzene rings is 9. The maximum Gasteiger partial charge on any atom is 0.0638 e. The van der Waals surface area contributed by atoms with Gasteiger partial charge in [-0.25, -0.2) is 0 Å². The van der Waals surface area contributed by atoms with E-state index in [-0.39, 0.29) is 34.3 Å². The Balaban J connectivity index is 1.38. The van der Waals surface area contributed by atoms with Crippen molar-refractivity contribution >= 4 is 59.3 Å². The zero-order valence-corrected chi connectivity index (χ0v) is 29.5. The number of nitrogens with zero attached hydrogens (tertiary/aromatic N) is 1. The molecule has 0 amide bonds. The van der Waals surface area contributed by atoms with E-state index in [2.05, 4.69) is 0 Å². The van der Waals surface area contributed by atoms with Crippen molar-refractivity contribution in [2.24, 2.45) is 0 Å². The molecule has 2 heteroatoms.